The fourth-order valence-corrected chi connectivity index (χ4v) is 4.83. The van der Waals surface area contributed by atoms with Crippen molar-refractivity contribution in [1.29, 1.82) is 0 Å². The number of imidazole rings is 1. The molecule has 2 aliphatic rings. The average Bonchev–Trinajstić information content (AvgIpc) is 3.09. The van der Waals surface area contributed by atoms with Gasteiger partial charge in [-0.15, -0.1) is 0 Å². The predicted molar refractivity (Wildman–Crippen MR) is 108 cm³/mol. The second-order valence-electron chi connectivity index (χ2n) is 7.95. The number of β-amino-alcohol motifs (C(OH)–C–C–N with tert-alkyl or cyclic N) is 1. The Morgan fingerprint density at radius 3 is 2.59 bits per heavy atom. The molecule has 1 atom stereocenters. The van der Waals surface area contributed by atoms with Crippen LogP contribution in [0.2, 0.25) is 0 Å². The number of rotatable bonds is 6. The van der Waals surface area contributed by atoms with Gasteiger partial charge in [-0.3, -0.25) is 4.90 Å². The molecule has 0 radical (unpaired) electrons. The number of hydrogen-bond acceptors (Lipinski definition) is 4. The molecule has 1 N–H and O–H groups in total. The molecule has 1 aromatic carbocycles. The molecular weight excluding hydrogens is 336 g/mol. The van der Waals surface area contributed by atoms with Crippen molar-refractivity contribution in [2.45, 2.75) is 38.3 Å². The SMILES string of the molecule is OCCN1CCC(C2c3nccn3CCCN2CCc2ccccc2)CC1. The maximum Gasteiger partial charge on any atom is 0.126 e. The number of benzene rings is 1. The zero-order chi connectivity index (χ0) is 18.5. The molecular formula is C22H32N4O. The van der Waals surface area contributed by atoms with E-state index in [1.807, 2.05) is 6.20 Å². The normalized spacial score (nSPS) is 22.5. The van der Waals surface area contributed by atoms with Crippen LogP contribution in [0.5, 0.6) is 0 Å². The summed E-state index contributed by atoms with van der Waals surface area (Å²) in [5, 5.41) is 9.23. The van der Waals surface area contributed by atoms with Crippen LogP contribution in [0.15, 0.2) is 42.7 Å². The first-order chi connectivity index (χ1) is 13.3. The zero-order valence-corrected chi connectivity index (χ0v) is 16.2. The number of aliphatic hydroxyl groups excluding tert-OH is 1. The molecule has 1 unspecified atom stereocenters. The number of likely N-dealkylation sites (tertiary alicyclic amines) is 1. The van der Waals surface area contributed by atoms with E-state index in [0.29, 0.717) is 12.0 Å². The maximum atomic E-state index is 9.23. The highest BCUT2D eigenvalue weighted by Crippen LogP contribution is 2.36. The van der Waals surface area contributed by atoms with E-state index in [0.717, 1.165) is 45.7 Å². The van der Waals surface area contributed by atoms with Gasteiger partial charge in [0.2, 0.25) is 0 Å². The lowest BCUT2D eigenvalue weighted by Crippen LogP contribution is -2.42. The lowest BCUT2D eigenvalue weighted by Gasteiger charge is -2.40. The topological polar surface area (TPSA) is 44.5 Å². The summed E-state index contributed by atoms with van der Waals surface area (Å²) in [5.41, 5.74) is 1.42. The molecule has 1 fully saturated rings. The molecule has 0 amide bonds. The first kappa shape index (κ1) is 18.7. The number of aliphatic hydroxyl groups is 1. The van der Waals surface area contributed by atoms with E-state index in [1.54, 1.807) is 0 Å². The summed E-state index contributed by atoms with van der Waals surface area (Å²) in [6, 6.07) is 11.3. The van der Waals surface area contributed by atoms with E-state index < -0.39 is 0 Å². The highest BCUT2D eigenvalue weighted by atomic mass is 16.3. The summed E-state index contributed by atoms with van der Waals surface area (Å²) in [6.07, 6.45) is 8.81. The molecule has 5 nitrogen and oxygen atoms in total. The summed E-state index contributed by atoms with van der Waals surface area (Å²) < 4.78 is 2.38. The van der Waals surface area contributed by atoms with Gasteiger partial charge in [0, 0.05) is 38.6 Å². The van der Waals surface area contributed by atoms with E-state index in [9.17, 15) is 5.11 Å². The van der Waals surface area contributed by atoms with Crippen LogP contribution < -0.4 is 0 Å². The Hall–Kier alpha value is -1.69. The van der Waals surface area contributed by atoms with E-state index in [2.05, 4.69) is 50.9 Å². The van der Waals surface area contributed by atoms with Crippen LogP contribution in [0.1, 0.15) is 36.7 Å². The van der Waals surface area contributed by atoms with E-state index in [4.69, 9.17) is 4.98 Å². The van der Waals surface area contributed by atoms with Crippen molar-refractivity contribution in [1.82, 2.24) is 19.4 Å². The smallest absolute Gasteiger partial charge is 0.126 e. The minimum Gasteiger partial charge on any atom is -0.395 e. The molecule has 1 aromatic heterocycles. The van der Waals surface area contributed by atoms with Gasteiger partial charge in [0.15, 0.2) is 0 Å². The molecule has 5 heteroatoms. The van der Waals surface area contributed by atoms with Gasteiger partial charge >= 0.3 is 0 Å². The van der Waals surface area contributed by atoms with Crippen molar-refractivity contribution in [3.8, 4) is 0 Å². The minimum atomic E-state index is 0.266. The van der Waals surface area contributed by atoms with Crippen molar-refractivity contribution in [3.05, 3.63) is 54.1 Å². The number of hydrogen-bond donors (Lipinski definition) is 1. The molecule has 0 aliphatic carbocycles. The van der Waals surface area contributed by atoms with Crippen molar-refractivity contribution in [2.75, 3.05) is 39.3 Å². The Morgan fingerprint density at radius 2 is 1.81 bits per heavy atom. The quantitative estimate of drug-likeness (QED) is 0.851. The van der Waals surface area contributed by atoms with Crippen LogP contribution in [-0.2, 0) is 13.0 Å². The van der Waals surface area contributed by atoms with Crippen molar-refractivity contribution >= 4 is 0 Å². The first-order valence-electron chi connectivity index (χ1n) is 10.5. The molecule has 0 spiro atoms. The number of aryl methyl sites for hydroxylation is 1. The Balaban J connectivity index is 1.50. The van der Waals surface area contributed by atoms with Gasteiger partial charge in [-0.1, -0.05) is 30.3 Å². The minimum absolute atomic E-state index is 0.266. The van der Waals surface area contributed by atoms with E-state index in [-0.39, 0.29) is 6.61 Å². The van der Waals surface area contributed by atoms with Gasteiger partial charge in [0.25, 0.3) is 0 Å². The molecule has 3 heterocycles. The number of aromatic nitrogens is 2. The van der Waals surface area contributed by atoms with E-state index >= 15 is 0 Å². The fraction of sp³-hybridized carbons (Fsp3) is 0.591. The van der Waals surface area contributed by atoms with Gasteiger partial charge in [-0.25, -0.2) is 4.98 Å². The Labute approximate surface area is 162 Å². The van der Waals surface area contributed by atoms with Gasteiger partial charge in [0.05, 0.1) is 12.6 Å². The average molecular weight is 369 g/mol. The van der Waals surface area contributed by atoms with Crippen molar-refractivity contribution < 1.29 is 5.11 Å². The number of fused-ring (bicyclic) bond motifs is 1. The van der Waals surface area contributed by atoms with Crippen molar-refractivity contribution in [3.63, 3.8) is 0 Å². The second kappa shape index (κ2) is 9.00. The number of piperidine rings is 1. The lowest BCUT2D eigenvalue weighted by molar-refractivity contribution is 0.0776. The fourth-order valence-electron chi connectivity index (χ4n) is 4.83. The largest absolute Gasteiger partial charge is 0.395 e. The molecule has 0 saturated carbocycles. The third-order valence-corrected chi connectivity index (χ3v) is 6.28. The molecule has 27 heavy (non-hydrogen) atoms. The van der Waals surface area contributed by atoms with Crippen LogP contribution in [0.3, 0.4) is 0 Å². The molecule has 2 aliphatic heterocycles. The third kappa shape index (κ3) is 4.42. The summed E-state index contributed by atoms with van der Waals surface area (Å²) >= 11 is 0. The summed E-state index contributed by atoms with van der Waals surface area (Å²) in [4.78, 5) is 9.90. The zero-order valence-electron chi connectivity index (χ0n) is 16.2. The summed E-state index contributed by atoms with van der Waals surface area (Å²) in [7, 11) is 0. The van der Waals surface area contributed by atoms with Crippen LogP contribution in [0.4, 0.5) is 0 Å². The van der Waals surface area contributed by atoms with Crippen LogP contribution in [-0.4, -0.2) is 63.8 Å². The molecule has 146 valence electrons. The Bertz CT molecular complexity index is 693. The monoisotopic (exact) mass is 368 g/mol. The van der Waals surface area contributed by atoms with Gasteiger partial charge in [-0.05, 0) is 50.3 Å². The maximum absolute atomic E-state index is 9.23. The Morgan fingerprint density at radius 1 is 1.00 bits per heavy atom. The summed E-state index contributed by atoms with van der Waals surface area (Å²) in [6.45, 7) is 6.59. The lowest BCUT2D eigenvalue weighted by atomic mass is 9.87. The molecule has 2 aromatic rings. The van der Waals surface area contributed by atoms with Crippen molar-refractivity contribution in [2.24, 2.45) is 5.92 Å². The third-order valence-electron chi connectivity index (χ3n) is 6.28. The van der Waals surface area contributed by atoms with Crippen LogP contribution in [0.25, 0.3) is 0 Å². The number of nitrogens with zero attached hydrogens (tertiary/aromatic N) is 4. The Kier molecular flexibility index (Phi) is 6.22. The van der Waals surface area contributed by atoms with Gasteiger partial charge in [-0.2, -0.15) is 0 Å². The van der Waals surface area contributed by atoms with E-state index in [1.165, 1.54) is 30.7 Å². The molecule has 4 rings (SSSR count). The van der Waals surface area contributed by atoms with Crippen LogP contribution >= 0.6 is 0 Å². The second-order valence-corrected chi connectivity index (χ2v) is 7.95. The molecule has 1 saturated heterocycles. The highest BCUT2D eigenvalue weighted by Gasteiger charge is 2.35. The van der Waals surface area contributed by atoms with Gasteiger partial charge in [0.1, 0.15) is 5.82 Å². The standard InChI is InChI=1S/C22H32N4O/c27-18-17-24-13-8-20(9-14-24)21-22-23-10-16-26(22)12-4-11-25(21)15-7-19-5-2-1-3-6-19/h1-3,5-6,10,16,20-21,27H,4,7-9,11-15,17-18H2. The van der Waals surface area contributed by atoms with Crippen LogP contribution in [0, 0.1) is 5.92 Å². The molecule has 0 bridgehead atoms. The predicted octanol–water partition coefficient (Wildman–Crippen LogP) is 2.58. The highest BCUT2D eigenvalue weighted by molar-refractivity contribution is 5.15. The first-order valence-corrected chi connectivity index (χ1v) is 10.5. The van der Waals surface area contributed by atoms with Gasteiger partial charge < -0.3 is 14.6 Å². The summed E-state index contributed by atoms with van der Waals surface area (Å²) in [5.74, 6) is 1.91.